The highest BCUT2D eigenvalue weighted by atomic mass is 32.2. The molecule has 0 saturated heterocycles. The molecule has 3 N–H and O–H groups in total. The predicted molar refractivity (Wildman–Crippen MR) is 132 cm³/mol. The van der Waals surface area contributed by atoms with Gasteiger partial charge >= 0.3 is 11.8 Å². The van der Waals surface area contributed by atoms with E-state index in [9.17, 15) is 13.2 Å². The van der Waals surface area contributed by atoms with Crippen molar-refractivity contribution in [2.75, 3.05) is 0 Å². The molecule has 2 unspecified atom stereocenters. The van der Waals surface area contributed by atoms with Gasteiger partial charge in [-0.15, -0.1) is 10.2 Å². The number of carbonyl (C=O) groups is 1. The Hall–Kier alpha value is -3.18. The molecule has 0 bridgehead atoms. The maximum Gasteiger partial charge on any atom is 0.309 e. The predicted octanol–water partition coefficient (Wildman–Crippen LogP) is 3.42. The Kier molecular flexibility index (Phi) is 6.76. The average Bonchev–Trinajstić information content (AvgIpc) is 3.31. The molecule has 3 aromatic rings. The van der Waals surface area contributed by atoms with Gasteiger partial charge in [-0.3, -0.25) is 9.78 Å². The van der Waals surface area contributed by atoms with Gasteiger partial charge in [-0.1, -0.05) is 25.0 Å². The summed E-state index contributed by atoms with van der Waals surface area (Å²) in [5, 5.41) is 10.2. The van der Waals surface area contributed by atoms with Crippen LogP contribution >= 0.6 is 0 Å². The number of amides is 1. The van der Waals surface area contributed by atoms with Crippen LogP contribution in [0.5, 0.6) is 0 Å². The first-order valence-corrected chi connectivity index (χ1v) is 12.8. The second-order valence-corrected chi connectivity index (χ2v) is 11.3. The summed E-state index contributed by atoms with van der Waals surface area (Å²) in [5.74, 6) is -0.559. The van der Waals surface area contributed by atoms with Crippen LogP contribution in [0, 0.1) is 6.92 Å². The van der Waals surface area contributed by atoms with Gasteiger partial charge in [0.25, 0.3) is 5.89 Å². The van der Waals surface area contributed by atoms with E-state index in [1.165, 1.54) is 0 Å². The first kappa shape index (κ1) is 24.0. The lowest BCUT2D eigenvalue weighted by atomic mass is 9.91. The molecule has 34 heavy (non-hydrogen) atoms. The van der Waals surface area contributed by atoms with Crippen LogP contribution in [-0.4, -0.2) is 51.8 Å². The van der Waals surface area contributed by atoms with Crippen molar-refractivity contribution >= 4 is 15.7 Å². The van der Waals surface area contributed by atoms with Gasteiger partial charge in [0.15, 0.2) is 9.84 Å². The number of benzene rings is 1. The number of nitrogens with one attached hydrogen (secondary N) is 1. The number of hydrogen-bond donors (Lipinski definition) is 2. The van der Waals surface area contributed by atoms with E-state index in [1.807, 2.05) is 0 Å². The number of hydrogen-bond acceptors (Lipinski definition) is 9. The lowest BCUT2D eigenvalue weighted by molar-refractivity contribution is 0.0886. The molecular formula is C23H34N6O4S. The van der Waals surface area contributed by atoms with E-state index in [4.69, 9.17) is 10.2 Å². The molecule has 0 radical (unpaired) electrons. The zero-order valence-electron chi connectivity index (χ0n) is 19.4. The third-order valence-corrected chi connectivity index (χ3v) is 8.18. The summed E-state index contributed by atoms with van der Waals surface area (Å²) in [5.41, 5.74) is 8.19. The van der Waals surface area contributed by atoms with E-state index in [0.29, 0.717) is 22.6 Å². The summed E-state index contributed by atoms with van der Waals surface area (Å²) in [7, 11) is -3.37. The minimum Gasteiger partial charge on any atom is -0.411 e. The van der Waals surface area contributed by atoms with Gasteiger partial charge in [-0.25, -0.2) is 13.4 Å². The minimum atomic E-state index is -3.37. The SMILES string of the molecule is Cc1ncc(-c2ccc(S(=O)(=O)C(C)C)cc2)nc1-c1nnc(C(=O)NC2CCCCC2N)o1.[HH].[HH].[HH]. The van der Waals surface area contributed by atoms with E-state index in [-0.39, 0.29) is 33.0 Å². The highest BCUT2D eigenvalue weighted by molar-refractivity contribution is 7.92. The Labute approximate surface area is 202 Å². The van der Waals surface area contributed by atoms with Crippen molar-refractivity contribution in [1.29, 1.82) is 0 Å². The molecule has 1 saturated carbocycles. The molecular weight excluding hydrogens is 456 g/mol. The third-order valence-electron chi connectivity index (χ3n) is 6.01. The third kappa shape index (κ3) is 4.85. The topological polar surface area (TPSA) is 154 Å². The molecule has 186 valence electrons. The number of carbonyl (C=O) groups excluding carboxylic acids is 1. The Balaban J connectivity index is 0.00000228. The van der Waals surface area contributed by atoms with Crippen molar-refractivity contribution in [3.8, 4) is 22.8 Å². The van der Waals surface area contributed by atoms with Gasteiger partial charge in [-0.05, 0) is 45.7 Å². The summed E-state index contributed by atoms with van der Waals surface area (Å²) < 4.78 is 30.4. The van der Waals surface area contributed by atoms with E-state index in [0.717, 1.165) is 25.7 Å². The zero-order valence-corrected chi connectivity index (χ0v) is 20.2. The first-order valence-electron chi connectivity index (χ1n) is 11.2. The van der Waals surface area contributed by atoms with Crippen molar-refractivity contribution in [3.63, 3.8) is 0 Å². The number of sulfone groups is 1. The number of nitrogens with zero attached hydrogens (tertiary/aromatic N) is 4. The molecule has 2 aromatic heterocycles. The maximum absolute atomic E-state index is 12.6. The summed E-state index contributed by atoms with van der Waals surface area (Å²) in [6, 6.07) is 6.25. The van der Waals surface area contributed by atoms with Crippen LogP contribution in [0.2, 0.25) is 0 Å². The summed E-state index contributed by atoms with van der Waals surface area (Å²) in [6.45, 7) is 5.03. The van der Waals surface area contributed by atoms with Crippen LogP contribution in [0.15, 0.2) is 39.8 Å². The van der Waals surface area contributed by atoms with Crippen LogP contribution in [0.25, 0.3) is 22.8 Å². The molecule has 0 spiro atoms. The van der Waals surface area contributed by atoms with Crippen LogP contribution < -0.4 is 11.1 Å². The van der Waals surface area contributed by atoms with Crippen LogP contribution in [0.4, 0.5) is 0 Å². The molecule has 1 aliphatic rings. The largest absolute Gasteiger partial charge is 0.411 e. The van der Waals surface area contributed by atoms with Gasteiger partial charge < -0.3 is 15.5 Å². The highest BCUT2D eigenvalue weighted by Crippen LogP contribution is 2.26. The van der Waals surface area contributed by atoms with Gasteiger partial charge in [0.2, 0.25) is 0 Å². The molecule has 10 nitrogen and oxygen atoms in total. The summed E-state index contributed by atoms with van der Waals surface area (Å²) >= 11 is 0. The summed E-state index contributed by atoms with van der Waals surface area (Å²) in [6.07, 6.45) is 5.34. The van der Waals surface area contributed by atoms with Gasteiger partial charge in [0.1, 0.15) is 5.69 Å². The molecule has 2 heterocycles. The van der Waals surface area contributed by atoms with E-state index >= 15 is 0 Å². The normalized spacial score (nSPS) is 18.7. The van der Waals surface area contributed by atoms with E-state index in [1.54, 1.807) is 51.2 Å². The number of aryl methyl sites for hydroxylation is 1. The Morgan fingerprint density at radius 3 is 2.56 bits per heavy atom. The van der Waals surface area contributed by atoms with Gasteiger partial charge in [-0.2, -0.15) is 0 Å². The van der Waals surface area contributed by atoms with Crippen molar-refractivity contribution in [3.05, 3.63) is 42.0 Å². The smallest absolute Gasteiger partial charge is 0.309 e. The molecule has 1 aromatic carbocycles. The standard InChI is InChI=1S/C23H28N6O4S.3H2/c1-13(2)34(31,32)16-10-8-15(9-11-16)19-12-25-14(3)20(26-19)22-28-29-23(33-22)21(30)27-18-7-5-4-6-17(18)24;;;/h8-13,17-18H,4-7,24H2,1-3H3,(H,27,30);3*1H. The Morgan fingerprint density at radius 2 is 1.88 bits per heavy atom. The van der Waals surface area contributed by atoms with Crippen LogP contribution in [0.3, 0.4) is 0 Å². The monoisotopic (exact) mass is 490 g/mol. The van der Waals surface area contributed by atoms with E-state index < -0.39 is 21.0 Å². The lowest BCUT2D eigenvalue weighted by Gasteiger charge is -2.28. The van der Waals surface area contributed by atoms with Crippen molar-refractivity contribution in [1.82, 2.24) is 25.5 Å². The number of rotatable bonds is 6. The van der Waals surface area contributed by atoms with Crippen LogP contribution in [0.1, 0.15) is 60.2 Å². The average molecular weight is 491 g/mol. The Morgan fingerprint density at radius 1 is 1.18 bits per heavy atom. The molecule has 1 amide bonds. The summed E-state index contributed by atoms with van der Waals surface area (Å²) in [4.78, 5) is 21.8. The van der Waals surface area contributed by atoms with E-state index in [2.05, 4.69) is 25.5 Å². The van der Waals surface area contributed by atoms with Crippen LogP contribution in [-0.2, 0) is 9.84 Å². The molecule has 2 atom stereocenters. The Bertz CT molecular complexity index is 1300. The second-order valence-electron chi connectivity index (χ2n) is 8.75. The van der Waals surface area contributed by atoms with Gasteiger partial charge in [0, 0.05) is 21.9 Å². The zero-order chi connectivity index (χ0) is 24.5. The molecule has 0 aliphatic heterocycles. The molecule has 4 rings (SSSR count). The highest BCUT2D eigenvalue weighted by Gasteiger charge is 2.26. The molecule has 1 fully saturated rings. The maximum atomic E-state index is 12.6. The molecule has 1 aliphatic carbocycles. The molecule has 11 heteroatoms. The minimum absolute atomic E-state index is 0. The fourth-order valence-electron chi connectivity index (χ4n) is 3.86. The fraction of sp³-hybridized carbons (Fsp3) is 0.435. The lowest BCUT2D eigenvalue weighted by Crippen LogP contribution is -2.49. The first-order chi connectivity index (χ1) is 16.2. The van der Waals surface area contributed by atoms with Gasteiger partial charge in [0.05, 0.1) is 27.7 Å². The number of nitrogens with two attached hydrogens (primary N) is 1. The second kappa shape index (κ2) is 9.59. The quantitative estimate of drug-likeness (QED) is 0.529. The van der Waals surface area contributed by atoms with Crippen molar-refractivity contribution < 1.29 is 21.9 Å². The van der Waals surface area contributed by atoms with Crippen molar-refractivity contribution in [2.45, 2.75) is 68.7 Å². The fourth-order valence-corrected chi connectivity index (χ4v) is 4.92. The number of aromatic nitrogens is 4. The van der Waals surface area contributed by atoms with Crippen molar-refractivity contribution in [2.24, 2.45) is 5.73 Å².